The molecule has 2 saturated carbocycles. The van der Waals surface area contributed by atoms with Crippen LogP contribution in [0.5, 0.6) is 11.5 Å². The molecule has 2 aliphatic carbocycles. The molecule has 0 saturated heterocycles. The molecule has 20 heavy (non-hydrogen) atoms. The van der Waals surface area contributed by atoms with Crippen molar-refractivity contribution in [1.29, 1.82) is 0 Å². The molecule has 4 rings (SSSR count). The van der Waals surface area contributed by atoms with Crippen LogP contribution in [0.2, 0.25) is 5.02 Å². The fourth-order valence-electron chi connectivity index (χ4n) is 3.98. The van der Waals surface area contributed by atoms with Gasteiger partial charge in [0.2, 0.25) is 0 Å². The molecule has 0 bridgehead atoms. The lowest BCUT2D eigenvalue weighted by Crippen LogP contribution is -2.06. The maximum Gasteiger partial charge on any atom is 0.162 e. The zero-order chi connectivity index (χ0) is 13.7. The number of hydrogen-bond donors (Lipinski definition) is 1. The second-order valence-electron chi connectivity index (χ2n) is 6.15. The summed E-state index contributed by atoms with van der Waals surface area (Å²) in [5.41, 5.74) is 0.801. The van der Waals surface area contributed by atoms with E-state index >= 15 is 0 Å². The minimum absolute atomic E-state index is 0.394. The SMILES string of the molecule is OC(c1cc2c(cc1Cl)OCCCO2)C1C2CCCC21. The van der Waals surface area contributed by atoms with Gasteiger partial charge in [-0.15, -0.1) is 0 Å². The van der Waals surface area contributed by atoms with Crippen LogP contribution in [0.3, 0.4) is 0 Å². The smallest absolute Gasteiger partial charge is 0.162 e. The van der Waals surface area contributed by atoms with Gasteiger partial charge in [-0.1, -0.05) is 18.0 Å². The summed E-state index contributed by atoms with van der Waals surface area (Å²) >= 11 is 6.34. The molecule has 0 amide bonds. The Morgan fingerprint density at radius 2 is 1.70 bits per heavy atom. The van der Waals surface area contributed by atoms with Crippen LogP contribution < -0.4 is 9.47 Å². The van der Waals surface area contributed by atoms with Crippen molar-refractivity contribution in [3.63, 3.8) is 0 Å². The van der Waals surface area contributed by atoms with Crippen LogP contribution in [0.1, 0.15) is 37.4 Å². The zero-order valence-electron chi connectivity index (χ0n) is 11.3. The Morgan fingerprint density at radius 3 is 2.40 bits per heavy atom. The maximum absolute atomic E-state index is 10.6. The van der Waals surface area contributed by atoms with Gasteiger partial charge in [-0.25, -0.2) is 0 Å². The summed E-state index contributed by atoms with van der Waals surface area (Å²) in [5, 5.41) is 11.2. The van der Waals surface area contributed by atoms with E-state index in [1.165, 1.54) is 19.3 Å². The Labute approximate surface area is 123 Å². The summed E-state index contributed by atoms with van der Waals surface area (Å²) in [6.07, 6.45) is 4.24. The molecule has 3 atom stereocenters. The molecule has 108 valence electrons. The van der Waals surface area contributed by atoms with Crippen LogP contribution >= 0.6 is 11.6 Å². The Morgan fingerprint density at radius 1 is 1.05 bits per heavy atom. The Bertz CT molecular complexity index is 521. The van der Waals surface area contributed by atoms with Crippen LogP contribution in [-0.4, -0.2) is 18.3 Å². The lowest BCUT2D eigenvalue weighted by molar-refractivity contribution is 0.137. The van der Waals surface area contributed by atoms with E-state index in [0.29, 0.717) is 47.5 Å². The lowest BCUT2D eigenvalue weighted by atomic mass is 9.99. The van der Waals surface area contributed by atoms with Crippen molar-refractivity contribution in [3.8, 4) is 11.5 Å². The molecule has 1 heterocycles. The van der Waals surface area contributed by atoms with Crippen molar-refractivity contribution in [1.82, 2.24) is 0 Å². The molecule has 2 fully saturated rings. The lowest BCUT2D eigenvalue weighted by Gasteiger charge is -2.17. The van der Waals surface area contributed by atoms with Crippen molar-refractivity contribution in [3.05, 3.63) is 22.7 Å². The highest BCUT2D eigenvalue weighted by Gasteiger charge is 2.56. The molecule has 4 heteroatoms. The van der Waals surface area contributed by atoms with Gasteiger partial charge in [0.25, 0.3) is 0 Å². The largest absolute Gasteiger partial charge is 0.490 e. The number of fused-ring (bicyclic) bond motifs is 2. The topological polar surface area (TPSA) is 38.7 Å². The first kappa shape index (κ1) is 12.8. The summed E-state index contributed by atoms with van der Waals surface area (Å²) in [7, 11) is 0. The van der Waals surface area contributed by atoms with Gasteiger partial charge in [-0.3, -0.25) is 0 Å². The van der Waals surface area contributed by atoms with Gasteiger partial charge in [0, 0.05) is 18.1 Å². The van der Waals surface area contributed by atoms with E-state index in [1.54, 1.807) is 6.07 Å². The average molecular weight is 295 g/mol. The van der Waals surface area contributed by atoms with E-state index in [4.69, 9.17) is 21.1 Å². The summed E-state index contributed by atoms with van der Waals surface area (Å²) in [6.45, 7) is 1.30. The van der Waals surface area contributed by atoms with Gasteiger partial charge < -0.3 is 14.6 Å². The second-order valence-corrected chi connectivity index (χ2v) is 6.56. The summed E-state index contributed by atoms with van der Waals surface area (Å²) < 4.78 is 11.3. The minimum atomic E-state index is -0.463. The van der Waals surface area contributed by atoms with E-state index in [9.17, 15) is 5.11 Å². The zero-order valence-corrected chi connectivity index (χ0v) is 12.1. The van der Waals surface area contributed by atoms with Gasteiger partial charge in [0.15, 0.2) is 11.5 Å². The van der Waals surface area contributed by atoms with Crippen molar-refractivity contribution in [2.24, 2.45) is 17.8 Å². The number of halogens is 1. The van der Waals surface area contributed by atoms with Gasteiger partial charge in [0.05, 0.1) is 24.3 Å². The molecule has 1 aromatic carbocycles. The maximum atomic E-state index is 10.6. The third-order valence-corrected chi connectivity index (χ3v) is 5.35. The molecule has 0 aromatic heterocycles. The number of aliphatic hydroxyl groups excluding tert-OH is 1. The molecule has 0 radical (unpaired) electrons. The number of aliphatic hydroxyl groups is 1. The highest BCUT2D eigenvalue weighted by Crippen LogP contribution is 2.62. The molecule has 1 N–H and O–H groups in total. The summed E-state index contributed by atoms with van der Waals surface area (Å²) in [5.74, 6) is 3.21. The fourth-order valence-corrected chi connectivity index (χ4v) is 4.24. The predicted molar refractivity (Wildman–Crippen MR) is 76.3 cm³/mol. The normalized spacial score (nSPS) is 32.4. The number of rotatable bonds is 2. The molecule has 1 aliphatic heterocycles. The highest BCUT2D eigenvalue weighted by atomic mass is 35.5. The first-order valence-corrected chi connectivity index (χ1v) is 7.90. The third kappa shape index (κ3) is 1.99. The molecule has 3 nitrogen and oxygen atoms in total. The number of ether oxygens (including phenoxy) is 2. The average Bonchev–Trinajstić information content (AvgIpc) is 3.02. The monoisotopic (exact) mass is 294 g/mol. The van der Waals surface area contributed by atoms with Crippen LogP contribution in [0.15, 0.2) is 12.1 Å². The highest BCUT2D eigenvalue weighted by molar-refractivity contribution is 6.31. The third-order valence-electron chi connectivity index (χ3n) is 5.02. The van der Waals surface area contributed by atoms with Crippen LogP contribution in [0.4, 0.5) is 0 Å². The molecule has 3 aliphatic rings. The van der Waals surface area contributed by atoms with Crippen molar-refractivity contribution < 1.29 is 14.6 Å². The van der Waals surface area contributed by atoms with Crippen molar-refractivity contribution in [2.45, 2.75) is 31.8 Å². The number of hydrogen-bond acceptors (Lipinski definition) is 3. The first-order chi connectivity index (χ1) is 9.75. The van der Waals surface area contributed by atoms with E-state index in [1.807, 2.05) is 6.07 Å². The molecule has 1 aromatic rings. The van der Waals surface area contributed by atoms with Crippen molar-refractivity contribution >= 4 is 11.6 Å². The van der Waals surface area contributed by atoms with E-state index in [0.717, 1.165) is 12.0 Å². The van der Waals surface area contributed by atoms with Crippen LogP contribution in [-0.2, 0) is 0 Å². The van der Waals surface area contributed by atoms with E-state index < -0.39 is 6.10 Å². The van der Waals surface area contributed by atoms with Gasteiger partial charge in [-0.05, 0) is 36.7 Å². The second kappa shape index (κ2) is 4.81. The first-order valence-electron chi connectivity index (χ1n) is 7.53. The molecule has 3 unspecified atom stereocenters. The standard InChI is InChI=1S/C16H19ClO3/c17-12-8-14-13(19-5-2-6-20-14)7-11(12)16(18)15-9-3-1-4-10(9)15/h7-10,15-16,18H,1-6H2. The Kier molecular flexibility index (Phi) is 3.08. The minimum Gasteiger partial charge on any atom is -0.490 e. The van der Waals surface area contributed by atoms with Gasteiger partial charge >= 0.3 is 0 Å². The summed E-state index contributed by atoms with van der Waals surface area (Å²) in [6, 6.07) is 3.67. The van der Waals surface area contributed by atoms with Crippen LogP contribution in [0.25, 0.3) is 0 Å². The molecular weight excluding hydrogens is 276 g/mol. The Balaban J connectivity index is 1.63. The quantitative estimate of drug-likeness (QED) is 0.906. The van der Waals surface area contributed by atoms with E-state index in [-0.39, 0.29) is 0 Å². The number of benzene rings is 1. The fraction of sp³-hybridized carbons (Fsp3) is 0.625. The summed E-state index contributed by atoms with van der Waals surface area (Å²) in [4.78, 5) is 0. The molecule has 0 spiro atoms. The van der Waals surface area contributed by atoms with Crippen molar-refractivity contribution in [2.75, 3.05) is 13.2 Å². The van der Waals surface area contributed by atoms with E-state index in [2.05, 4.69) is 0 Å². The Hall–Kier alpha value is -0.930. The predicted octanol–water partition coefficient (Wildman–Crippen LogP) is 3.58. The van der Waals surface area contributed by atoms with Gasteiger partial charge in [-0.2, -0.15) is 0 Å². The molecular formula is C16H19ClO3. The van der Waals surface area contributed by atoms with Crippen LogP contribution in [0, 0.1) is 17.8 Å². The van der Waals surface area contributed by atoms with Gasteiger partial charge in [0.1, 0.15) is 0 Å².